The van der Waals surface area contributed by atoms with Crippen LogP contribution in [0.2, 0.25) is 0 Å². The molecule has 2 aliphatic rings. The summed E-state index contributed by atoms with van der Waals surface area (Å²) in [6.07, 6.45) is 0. The lowest BCUT2D eigenvalue weighted by atomic mass is 10.2. The van der Waals surface area contributed by atoms with Crippen molar-refractivity contribution in [3.63, 3.8) is 0 Å². The van der Waals surface area contributed by atoms with Crippen LogP contribution in [0, 0.1) is 0 Å². The molecule has 5 nitrogen and oxygen atoms in total. The summed E-state index contributed by atoms with van der Waals surface area (Å²) in [6.45, 7) is 5.94. The lowest BCUT2D eigenvalue weighted by Gasteiger charge is -2.37. The standard InChI is InChI=1S/C16H23N3O2S/c1-2-21-15-6-4-3-5-14(15)18-7-9-19(10-8-18)16(20)13-11-22-12-17-13/h3-6,13,17H,2,7-12H2,1H3. The maximum absolute atomic E-state index is 12.4. The van der Waals surface area contributed by atoms with Gasteiger partial charge in [-0.15, -0.1) is 11.8 Å². The molecule has 0 bridgehead atoms. The monoisotopic (exact) mass is 321 g/mol. The fourth-order valence-electron chi connectivity index (χ4n) is 2.94. The Kier molecular flexibility index (Phi) is 5.10. The van der Waals surface area contributed by atoms with Crippen LogP contribution in [0.1, 0.15) is 6.92 Å². The molecule has 1 N–H and O–H groups in total. The van der Waals surface area contributed by atoms with Gasteiger partial charge in [-0.3, -0.25) is 10.1 Å². The molecule has 1 aromatic rings. The Hall–Kier alpha value is -1.40. The third kappa shape index (κ3) is 3.33. The van der Waals surface area contributed by atoms with Crippen molar-refractivity contribution in [1.29, 1.82) is 0 Å². The van der Waals surface area contributed by atoms with E-state index < -0.39 is 0 Å². The average Bonchev–Trinajstić information content (AvgIpc) is 3.10. The number of hydrogen-bond acceptors (Lipinski definition) is 5. The molecule has 0 saturated carbocycles. The molecule has 6 heteroatoms. The van der Waals surface area contributed by atoms with Gasteiger partial charge in [0.15, 0.2) is 0 Å². The number of rotatable bonds is 4. The topological polar surface area (TPSA) is 44.8 Å². The highest BCUT2D eigenvalue weighted by atomic mass is 32.2. The Balaban J connectivity index is 1.60. The average molecular weight is 321 g/mol. The molecule has 3 rings (SSSR count). The van der Waals surface area contributed by atoms with Crippen molar-refractivity contribution in [1.82, 2.24) is 10.2 Å². The fraction of sp³-hybridized carbons (Fsp3) is 0.562. The van der Waals surface area contributed by atoms with Crippen molar-refractivity contribution < 1.29 is 9.53 Å². The van der Waals surface area contributed by atoms with Gasteiger partial charge in [0, 0.05) is 37.8 Å². The van der Waals surface area contributed by atoms with Crippen molar-refractivity contribution in [3.8, 4) is 5.75 Å². The normalized spacial score (nSPS) is 22.0. The molecule has 0 spiro atoms. The van der Waals surface area contributed by atoms with Gasteiger partial charge in [-0.2, -0.15) is 0 Å². The first-order chi connectivity index (χ1) is 10.8. The summed E-state index contributed by atoms with van der Waals surface area (Å²) in [7, 11) is 0. The van der Waals surface area contributed by atoms with Crippen LogP contribution in [0.15, 0.2) is 24.3 Å². The van der Waals surface area contributed by atoms with Crippen LogP contribution in [0.25, 0.3) is 0 Å². The first-order valence-corrected chi connectivity index (χ1v) is 9.01. The molecule has 1 atom stereocenters. The van der Waals surface area contributed by atoms with Crippen LogP contribution in [0.3, 0.4) is 0 Å². The Labute approximate surface area is 136 Å². The van der Waals surface area contributed by atoms with E-state index in [0.29, 0.717) is 6.61 Å². The van der Waals surface area contributed by atoms with Crippen LogP contribution in [0.5, 0.6) is 5.75 Å². The van der Waals surface area contributed by atoms with Crippen LogP contribution < -0.4 is 15.0 Å². The van der Waals surface area contributed by atoms with E-state index in [1.165, 1.54) is 0 Å². The lowest BCUT2D eigenvalue weighted by Crippen LogP contribution is -2.53. The summed E-state index contributed by atoms with van der Waals surface area (Å²) >= 11 is 1.79. The second-order valence-corrected chi connectivity index (χ2v) is 6.52. The smallest absolute Gasteiger partial charge is 0.240 e. The summed E-state index contributed by atoms with van der Waals surface area (Å²) < 4.78 is 5.71. The molecule has 1 unspecified atom stereocenters. The molecule has 120 valence electrons. The highest BCUT2D eigenvalue weighted by Gasteiger charge is 2.29. The molecule has 1 amide bonds. The number of amides is 1. The van der Waals surface area contributed by atoms with Crippen molar-refractivity contribution in [2.45, 2.75) is 13.0 Å². The van der Waals surface area contributed by atoms with E-state index in [4.69, 9.17) is 4.74 Å². The highest BCUT2D eigenvalue weighted by Crippen LogP contribution is 2.29. The van der Waals surface area contributed by atoms with Gasteiger partial charge in [-0.05, 0) is 19.1 Å². The van der Waals surface area contributed by atoms with Gasteiger partial charge < -0.3 is 14.5 Å². The molecular formula is C16H23N3O2S. The summed E-state index contributed by atoms with van der Waals surface area (Å²) in [6, 6.07) is 8.15. The van der Waals surface area contributed by atoms with E-state index in [-0.39, 0.29) is 11.9 Å². The van der Waals surface area contributed by atoms with E-state index in [9.17, 15) is 4.79 Å². The van der Waals surface area contributed by atoms with E-state index in [1.807, 2.05) is 30.0 Å². The summed E-state index contributed by atoms with van der Waals surface area (Å²) in [5, 5.41) is 3.26. The van der Waals surface area contributed by atoms with E-state index in [1.54, 1.807) is 11.8 Å². The van der Waals surface area contributed by atoms with Gasteiger partial charge in [0.2, 0.25) is 5.91 Å². The number of benzene rings is 1. The summed E-state index contributed by atoms with van der Waals surface area (Å²) in [5.41, 5.74) is 1.13. The molecule has 2 fully saturated rings. The predicted molar refractivity (Wildman–Crippen MR) is 90.7 cm³/mol. The van der Waals surface area contributed by atoms with Gasteiger partial charge in [0.1, 0.15) is 5.75 Å². The first kappa shape index (κ1) is 15.5. The summed E-state index contributed by atoms with van der Waals surface area (Å²) in [5.74, 6) is 2.96. The Morgan fingerprint density at radius 3 is 2.77 bits per heavy atom. The zero-order valence-electron chi connectivity index (χ0n) is 13.0. The van der Waals surface area contributed by atoms with Gasteiger partial charge in [-0.1, -0.05) is 12.1 Å². The largest absolute Gasteiger partial charge is 0.492 e. The summed E-state index contributed by atoms with van der Waals surface area (Å²) in [4.78, 5) is 16.7. The number of carbonyl (C=O) groups is 1. The maximum Gasteiger partial charge on any atom is 0.240 e. The molecular weight excluding hydrogens is 298 g/mol. The Bertz CT molecular complexity index is 512. The minimum Gasteiger partial charge on any atom is -0.492 e. The molecule has 0 aromatic heterocycles. The number of hydrogen-bond donors (Lipinski definition) is 1. The third-order valence-electron chi connectivity index (χ3n) is 4.11. The number of carbonyl (C=O) groups excluding carboxylic acids is 1. The lowest BCUT2D eigenvalue weighted by molar-refractivity contribution is -0.132. The second kappa shape index (κ2) is 7.24. The van der Waals surface area contributed by atoms with Crippen molar-refractivity contribution in [2.75, 3.05) is 49.3 Å². The number of nitrogens with one attached hydrogen (secondary N) is 1. The zero-order valence-corrected chi connectivity index (χ0v) is 13.8. The number of anilines is 1. The number of nitrogens with zero attached hydrogens (tertiary/aromatic N) is 2. The molecule has 2 aliphatic heterocycles. The molecule has 0 aliphatic carbocycles. The van der Waals surface area contributed by atoms with Crippen LogP contribution in [-0.2, 0) is 4.79 Å². The quantitative estimate of drug-likeness (QED) is 0.908. The van der Waals surface area contributed by atoms with Crippen molar-refractivity contribution >= 4 is 23.4 Å². The molecule has 22 heavy (non-hydrogen) atoms. The van der Waals surface area contributed by atoms with Gasteiger partial charge in [0.05, 0.1) is 18.3 Å². The Morgan fingerprint density at radius 1 is 1.32 bits per heavy atom. The molecule has 2 heterocycles. The van der Waals surface area contributed by atoms with E-state index in [2.05, 4.69) is 16.3 Å². The molecule has 2 saturated heterocycles. The minimum atomic E-state index is 0.00672. The minimum absolute atomic E-state index is 0.00672. The SMILES string of the molecule is CCOc1ccccc1N1CCN(C(=O)C2CSCN2)CC1. The maximum atomic E-state index is 12.4. The predicted octanol–water partition coefficient (Wildman–Crippen LogP) is 1.40. The van der Waals surface area contributed by atoms with Crippen LogP contribution >= 0.6 is 11.8 Å². The number of ether oxygens (including phenoxy) is 1. The van der Waals surface area contributed by atoms with Crippen LogP contribution in [-0.4, -0.2) is 61.3 Å². The van der Waals surface area contributed by atoms with Gasteiger partial charge >= 0.3 is 0 Å². The fourth-order valence-corrected chi connectivity index (χ4v) is 3.87. The second-order valence-electron chi connectivity index (χ2n) is 5.48. The zero-order chi connectivity index (χ0) is 15.4. The number of para-hydroxylation sites is 2. The number of thioether (sulfide) groups is 1. The Morgan fingerprint density at radius 2 is 2.09 bits per heavy atom. The van der Waals surface area contributed by atoms with Crippen LogP contribution in [0.4, 0.5) is 5.69 Å². The van der Waals surface area contributed by atoms with E-state index >= 15 is 0 Å². The van der Waals surface area contributed by atoms with Crippen molar-refractivity contribution in [3.05, 3.63) is 24.3 Å². The molecule has 0 radical (unpaired) electrons. The number of piperazine rings is 1. The first-order valence-electron chi connectivity index (χ1n) is 7.86. The molecule has 1 aromatic carbocycles. The van der Waals surface area contributed by atoms with Gasteiger partial charge in [-0.25, -0.2) is 0 Å². The van der Waals surface area contributed by atoms with E-state index in [0.717, 1.165) is 49.2 Å². The highest BCUT2D eigenvalue weighted by molar-refractivity contribution is 7.99. The third-order valence-corrected chi connectivity index (χ3v) is 5.05. The van der Waals surface area contributed by atoms with Crippen molar-refractivity contribution in [2.24, 2.45) is 0 Å². The van der Waals surface area contributed by atoms with Gasteiger partial charge in [0.25, 0.3) is 0 Å².